The Hall–Kier alpha value is -5.39. The molecule has 1 aliphatic heterocycles. The standard InChI is InChI=1S/C42H55N5O7/c1-30(2)28-36-42(52)47(3)25-14-4-5-15-26-54-37-21-13-12-20-33(37)39(49)45-34(40(50)43-24-27-53-32-18-10-7-11-19-32)22-23-38(48)44-35(41(51)46-36)29-31-16-8-6-9-17-31/h6-13,16-21,30,34-36H,4-5,14-15,22-29H2,1-3H3,(H,43,50)(H,44,48)(H,45,49)(H,46,51)/t34-,35-,36-/m0/s1. The van der Waals surface area contributed by atoms with Gasteiger partial charge in [-0.3, -0.25) is 24.0 Å². The molecule has 5 amide bonds. The smallest absolute Gasteiger partial charge is 0.255 e. The van der Waals surface area contributed by atoms with Crippen LogP contribution in [-0.2, 0) is 25.6 Å². The van der Waals surface area contributed by atoms with Gasteiger partial charge in [-0.2, -0.15) is 0 Å². The van der Waals surface area contributed by atoms with Crippen LogP contribution in [0.3, 0.4) is 0 Å². The van der Waals surface area contributed by atoms with E-state index in [-0.39, 0.29) is 49.8 Å². The van der Waals surface area contributed by atoms with Crippen molar-refractivity contribution in [3.8, 4) is 11.5 Å². The molecule has 3 aromatic carbocycles. The minimum Gasteiger partial charge on any atom is -0.493 e. The third-order valence-electron chi connectivity index (χ3n) is 9.10. The number of para-hydroxylation sites is 2. The number of likely N-dealkylation sites (N-methyl/N-ethyl adjacent to an activating group) is 1. The summed E-state index contributed by atoms with van der Waals surface area (Å²) < 4.78 is 11.7. The van der Waals surface area contributed by atoms with Crippen LogP contribution in [0.4, 0.5) is 0 Å². The monoisotopic (exact) mass is 741 g/mol. The summed E-state index contributed by atoms with van der Waals surface area (Å²) in [6.45, 7) is 5.26. The number of amides is 5. The molecular formula is C42H55N5O7. The number of nitrogens with zero attached hydrogens (tertiary/aromatic N) is 1. The molecule has 290 valence electrons. The molecule has 1 aliphatic rings. The van der Waals surface area contributed by atoms with Gasteiger partial charge in [-0.05, 0) is 61.4 Å². The van der Waals surface area contributed by atoms with E-state index in [0.29, 0.717) is 31.1 Å². The second kappa shape index (κ2) is 22.0. The molecule has 4 N–H and O–H groups in total. The quantitative estimate of drug-likeness (QED) is 0.237. The zero-order chi connectivity index (χ0) is 38.7. The van der Waals surface area contributed by atoms with Gasteiger partial charge in [0.1, 0.15) is 36.2 Å². The second-order valence-electron chi connectivity index (χ2n) is 14.0. The first kappa shape index (κ1) is 41.4. The highest BCUT2D eigenvalue weighted by atomic mass is 16.5. The summed E-state index contributed by atoms with van der Waals surface area (Å²) in [6, 6.07) is 22.5. The number of hydrogen-bond acceptors (Lipinski definition) is 7. The lowest BCUT2D eigenvalue weighted by molar-refractivity contribution is -0.137. The van der Waals surface area contributed by atoms with Gasteiger partial charge in [0.2, 0.25) is 23.6 Å². The van der Waals surface area contributed by atoms with E-state index in [1.54, 1.807) is 36.2 Å². The fourth-order valence-electron chi connectivity index (χ4n) is 6.20. The van der Waals surface area contributed by atoms with Crippen molar-refractivity contribution in [3.05, 3.63) is 96.1 Å². The van der Waals surface area contributed by atoms with Crippen LogP contribution in [0.1, 0.15) is 74.7 Å². The molecule has 0 aliphatic carbocycles. The zero-order valence-electron chi connectivity index (χ0n) is 31.7. The number of carbonyl (C=O) groups excluding carboxylic acids is 5. The van der Waals surface area contributed by atoms with E-state index in [9.17, 15) is 24.0 Å². The molecule has 0 saturated heterocycles. The summed E-state index contributed by atoms with van der Waals surface area (Å²) in [5, 5.41) is 11.4. The van der Waals surface area contributed by atoms with Crippen molar-refractivity contribution in [2.24, 2.45) is 5.92 Å². The molecule has 0 aromatic heterocycles. The second-order valence-corrected chi connectivity index (χ2v) is 14.0. The summed E-state index contributed by atoms with van der Waals surface area (Å²) in [6.07, 6.45) is 3.65. The Morgan fingerprint density at radius 1 is 0.852 bits per heavy atom. The Morgan fingerprint density at radius 2 is 1.54 bits per heavy atom. The highest BCUT2D eigenvalue weighted by molar-refractivity contribution is 6.00. The summed E-state index contributed by atoms with van der Waals surface area (Å²) >= 11 is 0. The van der Waals surface area contributed by atoms with Gasteiger partial charge in [0.15, 0.2) is 0 Å². The number of nitrogens with one attached hydrogen (secondary N) is 4. The molecular weight excluding hydrogens is 686 g/mol. The maximum absolute atomic E-state index is 13.9. The van der Waals surface area contributed by atoms with Gasteiger partial charge in [0, 0.05) is 26.4 Å². The molecule has 0 saturated carbocycles. The number of hydrogen-bond donors (Lipinski definition) is 4. The molecule has 0 bridgehead atoms. The number of carbonyl (C=O) groups is 5. The lowest BCUT2D eigenvalue weighted by Crippen LogP contribution is -2.55. The van der Waals surface area contributed by atoms with Gasteiger partial charge in [-0.15, -0.1) is 0 Å². The van der Waals surface area contributed by atoms with Crippen LogP contribution < -0.4 is 30.7 Å². The van der Waals surface area contributed by atoms with Crippen LogP contribution >= 0.6 is 0 Å². The Bertz CT molecular complexity index is 1650. The third kappa shape index (κ3) is 13.9. The van der Waals surface area contributed by atoms with E-state index < -0.39 is 41.8 Å². The predicted molar refractivity (Wildman–Crippen MR) is 207 cm³/mol. The first-order chi connectivity index (χ1) is 26.1. The van der Waals surface area contributed by atoms with Crippen molar-refractivity contribution in [2.75, 3.05) is 33.4 Å². The van der Waals surface area contributed by atoms with Gasteiger partial charge in [-0.25, -0.2) is 0 Å². The van der Waals surface area contributed by atoms with Crippen molar-refractivity contribution in [1.82, 2.24) is 26.2 Å². The Morgan fingerprint density at radius 3 is 2.28 bits per heavy atom. The zero-order valence-corrected chi connectivity index (χ0v) is 31.7. The largest absolute Gasteiger partial charge is 0.493 e. The van der Waals surface area contributed by atoms with Gasteiger partial charge < -0.3 is 35.6 Å². The lowest BCUT2D eigenvalue weighted by Gasteiger charge is -2.28. The summed E-state index contributed by atoms with van der Waals surface area (Å²) in [4.78, 5) is 69.9. The van der Waals surface area contributed by atoms with Crippen LogP contribution in [0.15, 0.2) is 84.9 Å². The van der Waals surface area contributed by atoms with Gasteiger partial charge in [0.25, 0.3) is 5.91 Å². The number of benzene rings is 3. The lowest BCUT2D eigenvalue weighted by atomic mass is 10.0. The van der Waals surface area contributed by atoms with Gasteiger partial charge >= 0.3 is 0 Å². The molecule has 0 unspecified atom stereocenters. The topological polar surface area (TPSA) is 155 Å². The molecule has 0 spiro atoms. The van der Waals surface area contributed by atoms with E-state index in [1.165, 1.54) is 0 Å². The Labute approximate surface area is 318 Å². The maximum Gasteiger partial charge on any atom is 0.255 e. The number of ether oxygens (including phenoxy) is 2. The van der Waals surface area contributed by atoms with Crippen molar-refractivity contribution in [3.63, 3.8) is 0 Å². The summed E-state index contributed by atoms with van der Waals surface area (Å²) in [5.41, 5.74) is 1.09. The predicted octanol–water partition coefficient (Wildman–Crippen LogP) is 4.43. The number of fused-ring (bicyclic) bond motifs is 1. The highest BCUT2D eigenvalue weighted by Crippen LogP contribution is 2.20. The molecule has 4 rings (SSSR count). The minimum atomic E-state index is -1.09. The van der Waals surface area contributed by atoms with Crippen LogP contribution in [0.2, 0.25) is 0 Å². The van der Waals surface area contributed by atoms with E-state index >= 15 is 0 Å². The van der Waals surface area contributed by atoms with Gasteiger partial charge in [0.05, 0.1) is 18.7 Å². The van der Waals surface area contributed by atoms with Gasteiger partial charge in [-0.1, -0.05) is 87.4 Å². The average molecular weight is 742 g/mol. The fourth-order valence-corrected chi connectivity index (χ4v) is 6.20. The highest BCUT2D eigenvalue weighted by Gasteiger charge is 2.30. The van der Waals surface area contributed by atoms with Crippen LogP contribution in [0.25, 0.3) is 0 Å². The molecule has 0 fully saturated rings. The van der Waals surface area contributed by atoms with E-state index in [4.69, 9.17) is 9.47 Å². The van der Waals surface area contributed by atoms with E-state index in [1.807, 2.05) is 74.5 Å². The minimum absolute atomic E-state index is 0.0507. The molecule has 1 heterocycles. The molecule has 12 nitrogen and oxygen atoms in total. The third-order valence-corrected chi connectivity index (χ3v) is 9.10. The fraction of sp³-hybridized carbons (Fsp3) is 0.452. The average Bonchev–Trinajstić information content (AvgIpc) is 3.17. The Balaban J connectivity index is 1.56. The molecule has 3 atom stereocenters. The summed E-state index contributed by atoms with van der Waals surface area (Å²) in [5.74, 6) is -0.967. The summed E-state index contributed by atoms with van der Waals surface area (Å²) in [7, 11) is 1.75. The first-order valence-electron chi connectivity index (χ1n) is 19.0. The van der Waals surface area contributed by atoms with E-state index in [0.717, 1.165) is 31.2 Å². The van der Waals surface area contributed by atoms with Crippen molar-refractivity contribution < 1.29 is 33.4 Å². The number of rotatable bonds is 9. The molecule has 3 aromatic rings. The normalized spacial score (nSPS) is 19.9. The van der Waals surface area contributed by atoms with Crippen molar-refractivity contribution >= 4 is 29.5 Å². The SMILES string of the molecule is CC(C)C[C@@H]1NC(=O)[C@H](Cc2ccccc2)NC(=O)CC[C@@H](C(=O)NCCOc2ccccc2)NC(=O)c2ccccc2OCCCCCCN(C)C1=O. The molecule has 12 heteroatoms. The maximum atomic E-state index is 13.9. The van der Waals surface area contributed by atoms with Crippen LogP contribution in [0.5, 0.6) is 11.5 Å². The van der Waals surface area contributed by atoms with Crippen molar-refractivity contribution in [1.29, 1.82) is 0 Å². The van der Waals surface area contributed by atoms with Crippen molar-refractivity contribution in [2.45, 2.75) is 83.3 Å². The van der Waals surface area contributed by atoms with Crippen LogP contribution in [-0.4, -0.2) is 85.9 Å². The Kier molecular flexibility index (Phi) is 16.8. The molecule has 54 heavy (non-hydrogen) atoms. The molecule has 0 radical (unpaired) electrons. The van der Waals surface area contributed by atoms with Crippen LogP contribution in [0, 0.1) is 5.92 Å². The first-order valence-corrected chi connectivity index (χ1v) is 19.0. The van der Waals surface area contributed by atoms with E-state index in [2.05, 4.69) is 21.3 Å².